The summed E-state index contributed by atoms with van der Waals surface area (Å²) in [5, 5.41) is 0. The predicted molar refractivity (Wildman–Crippen MR) is 77.5 cm³/mol. The molecule has 0 aliphatic heterocycles. The van der Waals surface area contributed by atoms with Crippen LogP contribution in [0.25, 0.3) is 0 Å². The fraction of sp³-hybridized carbons (Fsp3) is 0.625. The molecule has 0 fully saturated rings. The second kappa shape index (κ2) is 5.85. The molecule has 0 radical (unpaired) electrons. The number of benzene rings is 1. The Balaban J connectivity index is 2.55. The van der Waals surface area contributed by atoms with Gasteiger partial charge in [-0.1, -0.05) is 44.2 Å². The van der Waals surface area contributed by atoms with Crippen LogP contribution in [0.2, 0.25) is 0 Å². The van der Waals surface area contributed by atoms with Crippen molar-refractivity contribution in [2.75, 3.05) is 0 Å². The summed E-state index contributed by atoms with van der Waals surface area (Å²) in [6, 6.07) is 11.0. The van der Waals surface area contributed by atoms with Crippen molar-refractivity contribution < 1.29 is 4.84 Å². The first-order valence-electron chi connectivity index (χ1n) is 6.70. The third-order valence-electron chi connectivity index (χ3n) is 2.94. The Morgan fingerprint density at radius 3 is 2.11 bits per heavy atom. The van der Waals surface area contributed by atoms with Gasteiger partial charge in [0.25, 0.3) is 0 Å². The van der Waals surface area contributed by atoms with Crippen molar-refractivity contribution in [2.24, 2.45) is 0 Å². The Morgan fingerprint density at radius 1 is 1.06 bits per heavy atom. The van der Waals surface area contributed by atoms with Crippen LogP contribution in [-0.4, -0.2) is 11.6 Å². The van der Waals surface area contributed by atoms with Crippen LogP contribution >= 0.6 is 0 Å². The zero-order chi connectivity index (χ0) is 13.8. The maximum Gasteiger partial charge on any atom is 0.0813 e. The van der Waals surface area contributed by atoms with E-state index in [0.717, 1.165) is 6.42 Å². The average molecular weight is 249 g/mol. The topological polar surface area (TPSA) is 21.3 Å². The Labute approximate surface area is 112 Å². The SMILES string of the molecule is CC(CC(C)(C)c1ccccc1)NOC(C)(C)C. The Hall–Kier alpha value is -0.860. The van der Waals surface area contributed by atoms with Crippen LogP contribution < -0.4 is 5.48 Å². The molecule has 0 saturated heterocycles. The summed E-state index contributed by atoms with van der Waals surface area (Å²) in [5.41, 5.74) is 4.52. The monoisotopic (exact) mass is 249 g/mol. The molecule has 1 aromatic rings. The lowest BCUT2D eigenvalue weighted by molar-refractivity contribution is -0.0887. The largest absolute Gasteiger partial charge is 0.296 e. The third-order valence-corrected chi connectivity index (χ3v) is 2.94. The van der Waals surface area contributed by atoms with Crippen molar-refractivity contribution in [3.05, 3.63) is 35.9 Å². The van der Waals surface area contributed by atoms with Gasteiger partial charge < -0.3 is 0 Å². The molecule has 1 aromatic carbocycles. The Bertz CT molecular complexity index is 351. The fourth-order valence-corrected chi connectivity index (χ4v) is 2.09. The van der Waals surface area contributed by atoms with Crippen LogP contribution in [-0.2, 0) is 10.3 Å². The zero-order valence-corrected chi connectivity index (χ0v) is 12.6. The smallest absolute Gasteiger partial charge is 0.0813 e. The van der Waals surface area contributed by atoms with Gasteiger partial charge in [-0.3, -0.25) is 4.84 Å². The fourth-order valence-electron chi connectivity index (χ4n) is 2.09. The molecule has 2 heteroatoms. The van der Waals surface area contributed by atoms with Gasteiger partial charge in [-0.15, -0.1) is 0 Å². The summed E-state index contributed by atoms with van der Waals surface area (Å²) in [6.07, 6.45) is 1.03. The molecular weight excluding hydrogens is 222 g/mol. The van der Waals surface area contributed by atoms with Gasteiger partial charge in [0.15, 0.2) is 0 Å². The van der Waals surface area contributed by atoms with E-state index in [4.69, 9.17) is 4.84 Å². The molecule has 0 heterocycles. The lowest BCUT2D eigenvalue weighted by atomic mass is 9.79. The molecule has 102 valence electrons. The van der Waals surface area contributed by atoms with Crippen LogP contribution in [0.1, 0.15) is 53.5 Å². The maximum absolute atomic E-state index is 5.62. The zero-order valence-electron chi connectivity index (χ0n) is 12.6. The minimum Gasteiger partial charge on any atom is -0.296 e. The first-order valence-corrected chi connectivity index (χ1v) is 6.70. The third kappa shape index (κ3) is 5.19. The maximum atomic E-state index is 5.62. The number of hydrogen-bond donors (Lipinski definition) is 1. The normalized spacial score (nSPS) is 14.6. The highest BCUT2D eigenvalue weighted by Crippen LogP contribution is 2.28. The van der Waals surface area contributed by atoms with Crippen LogP contribution in [0.3, 0.4) is 0 Å². The van der Waals surface area contributed by atoms with Gasteiger partial charge in [-0.25, -0.2) is 0 Å². The summed E-state index contributed by atoms with van der Waals surface area (Å²) in [5.74, 6) is 0. The van der Waals surface area contributed by atoms with Crippen molar-refractivity contribution >= 4 is 0 Å². The Kier molecular flexibility index (Phi) is 4.94. The van der Waals surface area contributed by atoms with E-state index in [0.29, 0.717) is 6.04 Å². The number of hydrogen-bond acceptors (Lipinski definition) is 2. The van der Waals surface area contributed by atoms with Gasteiger partial charge in [0.05, 0.1) is 5.60 Å². The minimum atomic E-state index is -0.148. The molecule has 0 amide bonds. The number of nitrogens with one attached hydrogen (secondary N) is 1. The lowest BCUT2D eigenvalue weighted by Gasteiger charge is -2.30. The molecule has 0 aromatic heterocycles. The molecule has 0 bridgehead atoms. The minimum absolute atomic E-state index is 0.148. The molecule has 1 N–H and O–H groups in total. The van der Waals surface area contributed by atoms with E-state index in [2.05, 4.69) is 77.4 Å². The molecule has 1 atom stereocenters. The van der Waals surface area contributed by atoms with Crippen molar-refractivity contribution in [2.45, 2.75) is 65.0 Å². The van der Waals surface area contributed by atoms with E-state index in [1.807, 2.05) is 0 Å². The first kappa shape index (κ1) is 15.2. The second-order valence-corrected chi connectivity index (χ2v) is 6.69. The van der Waals surface area contributed by atoms with E-state index in [1.165, 1.54) is 5.56 Å². The van der Waals surface area contributed by atoms with E-state index in [-0.39, 0.29) is 11.0 Å². The van der Waals surface area contributed by atoms with E-state index in [9.17, 15) is 0 Å². The van der Waals surface area contributed by atoms with Gasteiger partial charge in [-0.05, 0) is 45.1 Å². The highest BCUT2D eigenvalue weighted by atomic mass is 16.7. The van der Waals surface area contributed by atoms with Crippen LogP contribution in [0, 0.1) is 0 Å². The van der Waals surface area contributed by atoms with Crippen molar-refractivity contribution in [3.63, 3.8) is 0 Å². The lowest BCUT2D eigenvalue weighted by Crippen LogP contribution is -2.38. The summed E-state index contributed by atoms with van der Waals surface area (Å²) in [4.78, 5) is 5.62. The molecule has 18 heavy (non-hydrogen) atoms. The van der Waals surface area contributed by atoms with Gasteiger partial charge >= 0.3 is 0 Å². The van der Waals surface area contributed by atoms with Gasteiger partial charge in [0.1, 0.15) is 0 Å². The van der Waals surface area contributed by atoms with E-state index >= 15 is 0 Å². The van der Waals surface area contributed by atoms with Crippen molar-refractivity contribution in [3.8, 4) is 0 Å². The molecule has 0 aliphatic rings. The van der Waals surface area contributed by atoms with Gasteiger partial charge in [-0.2, -0.15) is 5.48 Å². The van der Waals surface area contributed by atoms with Crippen molar-refractivity contribution in [1.29, 1.82) is 0 Å². The molecular formula is C16H27NO. The van der Waals surface area contributed by atoms with Crippen LogP contribution in [0.5, 0.6) is 0 Å². The number of rotatable bonds is 5. The molecule has 0 spiro atoms. The predicted octanol–water partition coefficient (Wildman–Crippen LogP) is 4.06. The first-order chi connectivity index (χ1) is 8.21. The summed E-state index contributed by atoms with van der Waals surface area (Å²) >= 11 is 0. The number of hydroxylamine groups is 1. The highest BCUT2D eigenvalue weighted by Gasteiger charge is 2.24. The standard InChI is InChI=1S/C16H27NO/c1-13(17-18-15(2,3)4)12-16(5,6)14-10-8-7-9-11-14/h7-11,13,17H,12H2,1-6H3. The van der Waals surface area contributed by atoms with Crippen LogP contribution in [0.4, 0.5) is 0 Å². The second-order valence-electron chi connectivity index (χ2n) is 6.69. The molecule has 2 nitrogen and oxygen atoms in total. The highest BCUT2D eigenvalue weighted by molar-refractivity contribution is 5.23. The average Bonchev–Trinajstić information content (AvgIpc) is 2.26. The molecule has 1 rings (SSSR count). The quantitative estimate of drug-likeness (QED) is 0.794. The summed E-state index contributed by atoms with van der Waals surface area (Å²) in [7, 11) is 0. The molecule has 0 aliphatic carbocycles. The van der Waals surface area contributed by atoms with Crippen molar-refractivity contribution in [1.82, 2.24) is 5.48 Å². The Morgan fingerprint density at radius 2 is 1.61 bits per heavy atom. The summed E-state index contributed by atoms with van der Waals surface area (Å²) in [6.45, 7) is 12.9. The van der Waals surface area contributed by atoms with Crippen LogP contribution in [0.15, 0.2) is 30.3 Å². The summed E-state index contributed by atoms with van der Waals surface area (Å²) < 4.78 is 0. The van der Waals surface area contributed by atoms with E-state index < -0.39 is 0 Å². The van der Waals surface area contributed by atoms with Gasteiger partial charge in [0.2, 0.25) is 0 Å². The molecule has 1 unspecified atom stereocenters. The van der Waals surface area contributed by atoms with E-state index in [1.54, 1.807) is 0 Å². The molecule has 0 saturated carbocycles. The van der Waals surface area contributed by atoms with Gasteiger partial charge in [0, 0.05) is 6.04 Å².